The Kier molecular flexibility index (Phi) is 16.0. The highest BCUT2D eigenvalue weighted by Gasteiger charge is 2.32. The van der Waals surface area contributed by atoms with Crippen LogP contribution in [0.2, 0.25) is 0 Å². The van der Waals surface area contributed by atoms with Crippen LogP contribution < -0.4 is 21.3 Å². The number of alkyl carbamates (subject to hydrolysis) is 1. The number of hydrogen-bond donors (Lipinski definition) is 5. The molecule has 48 heavy (non-hydrogen) atoms. The number of aliphatic hydroxyl groups is 1. The van der Waals surface area contributed by atoms with Crippen molar-refractivity contribution in [3.8, 4) is 0 Å². The summed E-state index contributed by atoms with van der Waals surface area (Å²) >= 11 is 0. The van der Waals surface area contributed by atoms with E-state index in [0.717, 1.165) is 17.5 Å². The largest absolute Gasteiger partial charge is 0.426 e. The van der Waals surface area contributed by atoms with Crippen molar-refractivity contribution >= 4 is 33.7 Å². The van der Waals surface area contributed by atoms with E-state index in [9.17, 15) is 32.7 Å². The van der Waals surface area contributed by atoms with Gasteiger partial charge >= 0.3 is 6.09 Å². The van der Waals surface area contributed by atoms with Crippen molar-refractivity contribution < 1.29 is 37.4 Å². The van der Waals surface area contributed by atoms with Gasteiger partial charge in [-0.2, -0.15) is 5.10 Å². The molecule has 0 spiro atoms. The van der Waals surface area contributed by atoms with Gasteiger partial charge in [-0.05, 0) is 49.7 Å². The lowest BCUT2D eigenvalue weighted by Crippen LogP contribution is -2.54. The highest BCUT2D eigenvalue weighted by atomic mass is 32.2. The van der Waals surface area contributed by atoms with E-state index in [1.54, 1.807) is 19.9 Å². The Hall–Kier alpha value is -3.98. The van der Waals surface area contributed by atoms with Crippen LogP contribution in [-0.4, -0.2) is 83.4 Å². The van der Waals surface area contributed by atoms with Gasteiger partial charge < -0.3 is 31.1 Å². The van der Waals surface area contributed by atoms with Crippen LogP contribution in [0.15, 0.2) is 42.6 Å². The summed E-state index contributed by atoms with van der Waals surface area (Å²) < 4.78 is 30.4. The highest BCUT2D eigenvalue weighted by Crippen LogP contribution is 2.17. The number of aryl methyl sites for hydroxylation is 1. The molecule has 2 rings (SSSR count). The maximum absolute atomic E-state index is 13.4. The van der Waals surface area contributed by atoms with Crippen LogP contribution in [0.5, 0.6) is 0 Å². The van der Waals surface area contributed by atoms with E-state index in [2.05, 4.69) is 26.4 Å². The highest BCUT2D eigenvalue weighted by molar-refractivity contribution is 7.90. The van der Waals surface area contributed by atoms with E-state index in [1.807, 2.05) is 58.0 Å². The van der Waals surface area contributed by atoms with Crippen LogP contribution in [0, 0.1) is 24.7 Å². The zero-order chi connectivity index (χ0) is 36.0. The molecule has 14 nitrogen and oxygen atoms in total. The molecule has 268 valence electrons. The number of carbonyl (C=O) groups is 4. The molecule has 0 aliphatic carbocycles. The first kappa shape index (κ1) is 40.2. The second-order valence-corrected chi connectivity index (χ2v) is 15.3. The molecule has 0 fully saturated rings. The number of aliphatic hydroxyl groups excluding tert-OH is 1. The molecule has 15 heteroatoms. The van der Waals surface area contributed by atoms with Crippen molar-refractivity contribution in [1.82, 2.24) is 31.0 Å². The molecule has 0 aliphatic rings. The number of ether oxygens (including phenoxy) is 1. The fraction of sp³-hybridized carbons (Fsp3) is 0.606. The predicted molar refractivity (Wildman–Crippen MR) is 181 cm³/mol. The zero-order valence-corrected chi connectivity index (χ0v) is 29.7. The van der Waals surface area contributed by atoms with Gasteiger partial charge in [0, 0.05) is 30.6 Å². The summed E-state index contributed by atoms with van der Waals surface area (Å²) in [7, 11) is -3.48. The summed E-state index contributed by atoms with van der Waals surface area (Å²) in [4.78, 5) is 52.2. The Labute approximate surface area is 283 Å². The van der Waals surface area contributed by atoms with Gasteiger partial charge in [0.15, 0.2) is 6.73 Å². The van der Waals surface area contributed by atoms with Gasteiger partial charge in [0.2, 0.25) is 17.7 Å². The van der Waals surface area contributed by atoms with Crippen LogP contribution in [0.3, 0.4) is 0 Å². The monoisotopic (exact) mass is 692 g/mol. The second-order valence-electron chi connectivity index (χ2n) is 13.0. The third kappa shape index (κ3) is 14.4. The van der Waals surface area contributed by atoms with Crippen LogP contribution >= 0.6 is 0 Å². The van der Waals surface area contributed by atoms with E-state index in [1.165, 1.54) is 10.9 Å². The Bertz CT molecular complexity index is 1450. The maximum atomic E-state index is 13.4. The molecular weight excluding hydrogens is 640 g/mol. The summed E-state index contributed by atoms with van der Waals surface area (Å²) in [6.07, 6.45) is 0.508. The van der Waals surface area contributed by atoms with E-state index in [4.69, 9.17) is 4.74 Å². The molecule has 1 aromatic carbocycles. The molecule has 2 aromatic rings. The van der Waals surface area contributed by atoms with E-state index < -0.39 is 57.9 Å². The number of hydrogen-bond acceptors (Lipinski definition) is 9. The molecule has 0 aliphatic heterocycles. The second kappa shape index (κ2) is 19.1. The van der Waals surface area contributed by atoms with Crippen molar-refractivity contribution in [3.05, 3.63) is 53.9 Å². The number of sulfone groups is 1. The normalized spacial score (nSPS) is 14.8. The summed E-state index contributed by atoms with van der Waals surface area (Å²) in [5.41, 5.74) is 1.66. The molecule has 1 aromatic heterocycles. The molecule has 0 bridgehead atoms. The van der Waals surface area contributed by atoms with Crippen molar-refractivity contribution in [1.29, 1.82) is 0 Å². The van der Waals surface area contributed by atoms with E-state index >= 15 is 0 Å². The van der Waals surface area contributed by atoms with Crippen molar-refractivity contribution in [2.24, 2.45) is 17.8 Å². The molecule has 0 saturated heterocycles. The lowest BCUT2D eigenvalue weighted by molar-refractivity contribution is -0.132. The summed E-state index contributed by atoms with van der Waals surface area (Å²) in [6, 6.07) is 8.21. The minimum absolute atomic E-state index is 0.0254. The summed E-state index contributed by atoms with van der Waals surface area (Å²) in [6.45, 7) is 10.9. The molecule has 1 heterocycles. The topological polar surface area (TPSA) is 198 Å². The maximum Gasteiger partial charge on any atom is 0.409 e. The van der Waals surface area contributed by atoms with Gasteiger partial charge in [-0.25, -0.2) is 17.9 Å². The molecule has 4 amide bonds. The number of benzene rings is 1. The summed E-state index contributed by atoms with van der Waals surface area (Å²) in [5.74, 6) is -2.75. The van der Waals surface area contributed by atoms with Crippen molar-refractivity contribution in [3.63, 3.8) is 0 Å². The molecule has 5 atom stereocenters. The van der Waals surface area contributed by atoms with Crippen LogP contribution in [0.25, 0.3) is 0 Å². The Morgan fingerprint density at radius 3 is 2.15 bits per heavy atom. The SMILES string of the molecule is Cc1ccnn1COC(=O)N[C@@H](CCS(C)(=O)=O)C(=O)N[C@@H](CC(C)C)[C@@H](O)C[C@@H](C)C(=O)N[C@H](C(=O)NCc1ccccc1)C(C)C. The standard InChI is InChI=1S/C33H52N6O8S/c1-21(2)17-27(36-31(42)26(14-16-48(7,45)46)37-33(44)47-20-39-24(6)13-15-35-39)28(40)18-23(5)30(41)38-29(22(3)4)32(43)34-19-25-11-9-8-10-12-25/h8-13,15,21-23,26-29,40H,14,16-20H2,1-7H3,(H,34,43)(H,36,42)(H,37,44)(H,38,41)/t23-,26+,27+,28+,29+/m1/s1. The predicted octanol–water partition coefficient (Wildman–Crippen LogP) is 2.05. The summed E-state index contributed by atoms with van der Waals surface area (Å²) in [5, 5.41) is 26.1. The number of nitrogens with zero attached hydrogens (tertiary/aromatic N) is 2. The number of rotatable bonds is 19. The number of carbonyl (C=O) groups excluding carboxylic acids is 4. The zero-order valence-electron chi connectivity index (χ0n) is 28.9. The van der Waals surface area contributed by atoms with Gasteiger partial charge in [0.1, 0.15) is 21.9 Å². The Morgan fingerprint density at radius 2 is 1.58 bits per heavy atom. The molecule has 0 radical (unpaired) electrons. The molecule has 0 saturated carbocycles. The smallest absolute Gasteiger partial charge is 0.409 e. The van der Waals surface area contributed by atoms with Crippen molar-refractivity contribution in [2.45, 2.75) is 98.3 Å². The number of nitrogens with one attached hydrogen (secondary N) is 4. The lowest BCUT2D eigenvalue weighted by atomic mass is 9.91. The van der Waals surface area contributed by atoms with Gasteiger partial charge in [0.05, 0.1) is 17.9 Å². The van der Waals surface area contributed by atoms with Gasteiger partial charge in [-0.3, -0.25) is 14.4 Å². The number of amides is 4. The van der Waals surface area contributed by atoms with Crippen molar-refractivity contribution in [2.75, 3.05) is 12.0 Å². The molecule has 5 N–H and O–H groups in total. The fourth-order valence-corrected chi connectivity index (χ4v) is 5.56. The average molecular weight is 693 g/mol. The fourth-order valence-electron chi connectivity index (χ4n) is 4.90. The minimum Gasteiger partial charge on any atom is -0.426 e. The van der Waals surface area contributed by atoms with Crippen LogP contribution in [0.4, 0.5) is 4.79 Å². The average Bonchev–Trinajstić information content (AvgIpc) is 3.42. The lowest BCUT2D eigenvalue weighted by Gasteiger charge is -2.30. The Morgan fingerprint density at radius 1 is 0.917 bits per heavy atom. The third-order valence-corrected chi connectivity index (χ3v) is 8.73. The first-order valence-corrected chi connectivity index (χ1v) is 18.2. The van der Waals surface area contributed by atoms with Gasteiger partial charge in [0.25, 0.3) is 0 Å². The molecular formula is C33H52N6O8S. The van der Waals surface area contributed by atoms with Gasteiger partial charge in [-0.15, -0.1) is 0 Å². The first-order chi connectivity index (χ1) is 22.5. The number of aromatic nitrogens is 2. The first-order valence-electron chi connectivity index (χ1n) is 16.2. The minimum atomic E-state index is -3.48. The van der Waals surface area contributed by atoms with E-state index in [0.29, 0.717) is 13.0 Å². The van der Waals surface area contributed by atoms with Gasteiger partial charge in [-0.1, -0.05) is 65.0 Å². The van der Waals surface area contributed by atoms with Crippen LogP contribution in [-0.2, 0) is 42.2 Å². The third-order valence-electron chi connectivity index (χ3n) is 7.75. The quantitative estimate of drug-likeness (QED) is 0.146. The van der Waals surface area contributed by atoms with Crippen LogP contribution in [0.1, 0.15) is 65.1 Å². The van der Waals surface area contributed by atoms with E-state index in [-0.39, 0.29) is 43.1 Å². The Balaban J connectivity index is 2.07. The molecule has 0 unspecified atom stereocenters.